The second-order valence-electron chi connectivity index (χ2n) is 3.34. The molecular formula is C10H6Cl2N4O. The first kappa shape index (κ1) is 10.6. The molecule has 3 rings (SSSR count). The van der Waals surface area contributed by atoms with E-state index in [0.29, 0.717) is 16.9 Å². The van der Waals surface area contributed by atoms with Crippen molar-refractivity contribution in [3.8, 4) is 0 Å². The summed E-state index contributed by atoms with van der Waals surface area (Å²) in [7, 11) is 0. The van der Waals surface area contributed by atoms with Crippen LogP contribution in [-0.2, 0) is 4.74 Å². The third kappa shape index (κ3) is 1.77. The molecule has 0 fully saturated rings. The van der Waals surface area contributed by atoms with E-state index in [1.54, 1.807) is 12.5 Å². The fraction of sp³-hybridized carbons (Fsp3) is 0.100. The van der Waals surface area contributed by atoms with E-state index in [-0.39, 0.29) is 10.4 Å². The van der Waals surface area contributed by atoms with E-state index in [4.69, 9.17) is 27.9 Å². The van der Waals surface area contributed by atoms with Crippen molar-refractivity contribution < 1.29 is 4.74 Å². The molecule has 0 saturated heterocycles. The van der Waals surface area contributed by atoms with E-state index in [9.17, 15) is 0 Å². The first-order valence-electron chi connectivity index (χ1n) is 4.84. The highest BCUT2D eigenvalue weighted by atomic mass is 35.5. The minimum atomic E-state index is 0.0798. The highest BCUT2D eigenvalue weighted by Crippen LogP contribution is 2.24. The van der Waals surface area contributed by atoms with Crippen LogP contribution in [0.5, 0.6) is 0 Å². The van der Waals surface area contributed by atoms with E-state index in [2.05, 4.69) is 15.1 Å². The number of hydrogen-bond acceptors (Lipinski definition) is 4. The molecule has 0 spiro atoms. The molecule has 0 aliphatic carbocycles. The highest BCUT2D eigenvalue weighted by Gasteiger charge is 2.14. The van der Waals surface area contributed by atoms with Crippen LogP contribution in [0.1, 0.15) is 6.42 Å². The lowest BCUT2D eigenvalue weighted by molar-refractivity contribution is 0.390. The minimum Gasteiger partial charge on any atom is -0.447 e. The maximum atomic E-state index is 5.95. The Balaban J connectivity index is 2.21. The lowest BCUT2D eigenvalue weighted by atomic mass is 10.3. The predicted octanol–water partition coefficient (Wildman–Crippen LogP) is 2.87. The molecule has 3 heterocycles. The monoisotopic (exact) mass is 268 g/mol. The standard InChI is InChI=1S/C10H6Cl2N4O/c11-8-6-5-13-16(7-3-1-2-4-17-7)9(6)15-10(12)14-8/h2-5H,1H2. The quantitative estimate of drug-likeness (QED) is 0.590. The van der Waals surface area contributed by atoms with Crippen molar-refractivity contribution in [2.24, 2.45) is 0 Å². The Morgan fingerprint density at radius 1 is 1.29 bits per heavy atom. The fourth-order valence-electron chi connectivity index (χ4n) is 1.54. The molecule has 0 atom stereocenters. The van der Waals surface area contributed by atoms with Gasteiger partial charge in [-0.1, -0.05) is 11.6 Å². The van der Waals surface area contributed by atoms with Crippen molar-refractivity contribution >= 4 is 40.1 Å². The van der Waals surface area contributed by atoms with E-state index in [1.807, 2.05) is 12.2 Å². The lowest BCUT2D eigenvalue weighted by Crippen LogP contribution is -2.03. The Morgan fingerprint density at radius 3 is 2.94 bits per heavy atom. The van der Waals surface area contributed by atoms with Gasteiger partial charge in [-0.2, -0.15) is 14.8 Å². The van der Waals surface area contributed by atoms with Crippen molar-refractivity contribution in [3.63, 3.8) is 0 Å². The summed E-state index contributed by atoms with van der Waals surface area (Å²) in [6.07, 6.45) is 7.74. The van der Waals surface area contributed by atoms with Crippen LogP contribution in [0.2, 0.25) is 10.4 Å². The topological polar surface area (TPSA) is 52.8 Å². The van der Waals surface area contributed by atoms with Crippen molar-refractivity contribution in [3.05, 3.63) is 35.0 Å². The van der Waals surface area contributed by atoms with Gasteiger partial charge < -0.3 is 4.74 Å². The molecule has 0 N–H and O–H groups in total. The Bertz CT molecular complexity index is 647. The van der Waals surface area contributed by atoms with Crippen molar-refractivity contribution in [1.29, 1.82) is 0 Å². The molecule has 0 saturated carbocycles. The molecule has 1 aliphatic heterocycles. The van der Waals surface area contributed by atoms with Crippen LogP contribution in [-0.4, -0.2) is 19.7 Å². The molecule has 2 aromatic heterocycles. The van der Waals surface area contributed by atoms with Crippen molar-refractivity contribution in [2.45, 2.75) is 6.42 Å². The van der Waals surface area contributed by atoms with Gasteiger partial charge in [-0.15, -0.1) is 0 Å². The summed E-state index contributed by atoms with van der Waals surface area (Å²) in [5, 5.41) is 5.16. The summed E-state index contributed by atoms with van der Waals surface area (Å²) in [4.78, 5) is 7.95. The van der Waals surface area contributed by atoms with Gasteiger partial charge in [-0.25, -0.2) is 4.98 Å². The summed E-state index contributed by atoms with van der Waals surface area (Å²) in [6.45, 7) is 0. The van der Waals surface area contributed by atoms with Gasteiger partial charge in [0.15, 0.2) is 5.65 Å². The third-order valence-electron chi connectivity index (χ3n) is 2.28. The van der Waals surface area contributed by atoms with Gasteiger partial charge in [-0.05, 0) is 30.2 Å². The van der Waals surface area contributed by atoms with Crippen LogP contribution in [0.4, 0.5) is 0 Å². The van der Waals surface area contributed by atoms with E-state index in [1.165, 1.54) is 4.68 Å². The van der Waals surface area contributed by atoms with Crippen LogP contribution in [0.25, 0.3) is 16.9 Å². The van der Waals surface area contributed by atoms with Gasteiger partial charge in [0.05, 0.1) is 17.8 Å². The van der Waals surface area contributed by atoms with Crippen LogP contribution >= 0.6 is 23.2 Å². The summed E-state index contributed by atoms with van der Waals surface area (Å²) >= 11 is 11.7. The van der Waals surface area contributed by atoms with Gasteiger partial charge in [0.1, 0.15) is 5.15 Å². The maximum absolute atomic E-state index is 5.95. The first-order chi connectivity index (χ1) is 8.25. The van der Waals surface area contributed by atoms with Crippen LogP contribution in [0, 0.1) is 0 Å². The number of aromatic nitrogens is 4. The largest absolute Gasteiger partial charge is 0.447 e. The van der Waals surface area contributed by atoms with Crippen molar-refractivity contribution in [1.82, 2.24) is 19.7 Å². The van der Waals surface area contributed by atoms with Gasteiger partial charge >= 0.3 is 0 Å². The molecule has 0 radical (unpaired) electrons. The number of rotatable bonds is 1. The lowest BCUT2D eigenvalue weighted by Gasteiger charge is -2.09. The Kier molecular flexibility index (Phi) is 2.49. The smallest absolute Gasteiger partial charge is 0.225 e. The van der Waals surface area contributed by atoms with Gasteiger partial charge in [0.25, 0.3) is 0 Å². The van der Waals surface area contributed by atoms with Gasteiger partial charge in [0, 0.05) is 0 Å². The molecule has 1 aliphatic rings. The predicted molar refractivity (Wildman–Crippen MR) is 64.5 cm³/mol. The molecular weight excluding hydrogens is 263 g/mol. The number of hydrogen-bond donors (Lipinski definition) is 0. The maximum Gasteiger partial charge on any atom is 0.225 e. The molecule has 7 heteroatoms. The Labute approximate surface area is 106 Å². The number of nitrogens with zero attached hydrogens (tertiary/aromatic N) is 4. The molecule has 17 heavy (non-hydrogen) atoms. The number of allylic oxidation sites excluding steroid dienone is 2. The average molecular weight is 269 g/mol. The average Bonchev–Trinajstić information content (AvgIpc) is 2.74. The minimum absolute atomic E-state index is 0.0798. The second kappa shape index (κ2) is 4.01. The van der Waals surface area contributed by atoms with Gasteiger partial charge in [-0.3, -0.25) is 0 Å². The zero-order valence-electron chi connectivity index (χ0n) is 8.47. The van der Waals surface area contributed by atoms with Crippen LogP contribution in [0.15, 0.2) is 24.6 Å². The zero-order chi connectivity index (χ0) is 11.8. The number of halogens is 2. The molecule has 5 nitrogen and oxygen atoms in total. The van der Waals surface area contributed by atoms with Crippen molar-refractivity contribution in [2.75, 3.05) is 0 Å². The number of ether oxygens (including phenoxy) is 1. The SMILES string of the molecule is Clc1nc(Cl)c2cnn(C3=CCC=CO3)c2n1. The summed E-state index contributed by atoms with van der Waals surface area (Å²) < 4.78 is 6.88. The Hall–Kier alpha value is -1.59. The van der Waals surface area contributed by atoms with E-state index < -0.39 is 0 Å². The van der Waals surface area contributed by atoms with Crippen LogP contribution in [0.3, 0.4) is 0 Å². The first-order valence-corrected chi connectivity index (χ1v) is 5.60. The fourth-order valence-corrected chi connectivity index (χ4v) is 1.96. The molecule has 2 aromatic rings. The van der Waals surface area contributed by atoms with Gasteiger partial charge in [0.2, 0.25) is 11.2 Å². The Morgan fingerprint density at radius 2 is 2.18 bits per heavy atom. The molecule has 0 unspecified atom stereocenters. The highest BCUT2D eigenvalue weighted by molar-refractivity contribution is 6.35. The summed E-state index contributed by atoms with van der Waals surface area (Å²) in [5.74, 6) is 0.577. The molecule has 0 bridgehead atoms. The summed E-state index contributed by atoms with van der Waals surface area (Å²) in [6, 6.07) is 0. The molecule has 0 aromatic carbocycles. The zero-order valence-corrected chi connectivity index (χ0v) is 9.98. The molecule has 0 amide bonds. The number of fused-ring (bicyclic) bond motifs is 1. The normalized spacial score (nSPS) is 14.8. The van der Waals surface area contributed by atoms with Crippen LogP contribution < -0.4 is 0 Å². The third-order valence-corrected chi connectivity index (χ3v) is 2.73. The summed E-state index contributed by atoms with van der Waals surface area (Å²) in [5.41, 5.74) is 0.525. The van der Waals surface area contributed by atoms with E-state index >= 15 is 0 Å². The second-order valence-corrected chi connectivity index (χ2v) is 4.04. The van der Waals surface area contributed by atoms with E-state index in [0.717, 1.165) is 6.42 Å². The molecule has 86 valence electrons.